The van der Waals surface area contributed by atoms with Crippen molar-refractivity contribution in [3.8, 4) is 0 Å². The highest BCUT2D eigenvalue weighted by Gasteiger charge is 2.34. The first-order valence-corrected chi connectivity index (χ1v) is 6.82. The molecule has 108 valence electrons. The Hall–Kier alpha value is -2.11. The van der Waals surface area contributed by atoms with E-state index in [1.807, 2.05) is 18.7 Å². The van der Waals surface area contributed by atoms with Gasteiger partial charge >= 0.3 is 0 Å². The number of hydrogen-bond acceptors (Lipinski definition) is 4. The van der Waals surface area contributed by atoms with Gasteiger partial charge in [-0.3, -0.25) is 14.9 Å². The van der Waals surface area contributed by atoms with Gasteiger partial charge in [0, 0.05) is 29.9 Å². The average Bonchev–Trinajstić information content (AvgIpc) is 2.79. The molecule has 2 rings (SSSR count). The summed E-state index contributed by atoms with van der Waals surface area (Å²) in [5.41, 5.74) is 6.23. The molecule has 0 aromatic heterocycles. The lowest BCUT2D eigenvalue weighted by molar-refractivity contribution is -0.384. The summed E-state index contributed by atoms with van der Waals surface area (Å²) in [6, 6.07) is 4.35. The van der Waals surface area contributed by atoms with Gasteiger partial charge in [0.2, 0.25) is 0 Å². The SMILES string of the molecule is CCC1CCC(C)N1C(=O)c1cc([N+](=O)[O-])ccc1N. The average molecular weight is 277 g/mol. The number of benzene rings is 1. The number of nitrogen functional groups attached to an aromatic ring is 1. The van der Waals surface area contributed by atoms with E-state index < -0.39 is 4.92 Å². The highest BCUT2D eigenvalue weighted by Crippen LogP contribution is 2.30. The first-order chi connectivity index (χ1) is 9.45. The molecule has 2 atom stereocenters. The van der Waals surface area contributed by atoms with Crippen molar-refractivity contribution in [1.29, 1.82) is 0 Å². The molecule has 0 radical (unpaired) electrons. The Balaban J connectivity index is 2.37. The van der Waals surface area contributed by atoms with Crippen LogP contribution in [0.25, 0.3) is 0 Å². The highest BCUT2D eigenvalue weighted by molar-refractivity contribution is 6.00. The van der Waals surface area contributed by atoms with Crippen LogP contribution in [0.5, 0.6) is 0 Å². The van der Waals surface area contributed by atoms with E-state index in [4.69, 9.17) is 5.73 Å². The Kier molecular flexibility index (Phi) is 3.92. The number of carbonyl (C=O) groups is 1. The van der Waals surface area contributed by atoms with Crippen LogP contribution in [0.3, 0.4) is 0 Å². The molecule has 0 aliphatic carbocycles. The standard InChI is InChI=1S/C14H19N3O3/c1-3-10-5-4-9(2)16(10)14(18)12-8-11(17(19)20)6-7-13(12)15/h6-10H,3-5,15H2,1-2H3. The van der Waals surface area contributed by atoms with Crippen molar-refractivity contribution in [3.63, 3.8) is 0 Å². The summed E-state index contributed by atoms with van der Waals surface area (Å²) < 4.78 is 0. The van der Waals surface area contributed by atoms with E-state index >= 15 is 0 Å². The van der Waals surface area contributed by atoms with Gasteiger partial charge in [-0.05, 0) is 32.3 Å². The van der Waals surface area contributed by atoms with Crippen molar-refractivity contribution in [1.82, 2.24) is 4.90 Å². The highest BCUT2D eigenvalue weighted by atomic mass is 16.6. The number of amides is 1. The molecule has 1 amide bonds. The van der Waals surface area contributed by atoms with Crippen molar-refractivity contribution < 1.29 is 9.72 Å². The molecule has 1 saturated heterocycles. The Morgan fingerprint density at radius 1 is 1.50 bits per heavy atom. The lowest BCUT2D eigenvalue weighted by atomic mass is 10.1. The van der Waals surface area contributed by atoms with Crippen molar-refractivity contribution in [2.24, 2.45) is 0 Å². The molecular weight excluding hydrogens is 258 g/mol. The van der Waals surface area contributed by atoms with Gasteiger partial charge in [-0.1, -0.05) is 6.92 Å². The maximum absolute atomic E-state index is 12.6. The van der Waals surface area contributed by atoms with E-state index in [-0.39, 0.29) is 34.9 Å². The van der Waals surface area contributed by atoms with Crippen molar-refractivity contribution in [2.45, 2.75) is 45.2 Å². The van der Waals surface area contributed by atoms with Gasteiger partial charge in [0.15, 0.2) is 0 Å². The molecule has 2 N–H and O–H groups in total. The normalized spacial score (nSPS) is 22.0. The Morgan fingerprint density at radius 3 is 2.80 bits per heavy atom. The zero-order valence-electron chi connectivity index (χ0n) is 11.7. The molecule has 2 unspecified atom stereocenters. The fraction of sp³-hybridized carbons (Fsp3) is 0.500. The number of nitro groups is 1. The van der Waals surface area contributed by atoms with Crippen LogP contribution in [-0.2, 0) is 0 Å². The fourth-order valence-electron chi connectivity index (χ4n) is 2.82. The van der Waals surface area contributed by atoms with Crippen molar-refractivity contribution in [2.75, 3.05) is 5.73 Å². The summed E-state index contributed by atoms with van der Waals surface area (Å²) in [6.45, 7) is 4.04. The monoisotopic (exact) mass is 277 g/mol. The van der Waals surface area contributed by atoms with Gasteiger partial charge in [-0.2, -0.15) is 0 Å². The Labute approximate surface area is 117 Å². The topological polar surface area (TPSA) is 89.5 Å². The van der Waals surface area contributed by atoms with E-state index in [1.165, 1.54) is 18.2 Å². The number of hydrogen-bond donors (Lipinski definition) is 1. The van der Waals surface area contributed by atoms with Gasteiger partial charge in [-0.15, -0.1) is 0 Å². The summed E-state index contributed by atoms with van der Waals surface area (Å²) in [7, 11) is 0. The molecule has 1 aromatic carbocycles. The summed E-state index contributed by atoms with van der Waals surface area (Å²) in [5.74, 6) is -0.206. The van der Waals surface area contributed by atoms with Gasteiger partial charge in [0.1, 0.15) is 0 Å². The minimum Gasteiger partial charge on any atom is -0.398 e. The molecule has 0 spiro atoms. The molecule has 1 aliphatic heterocycles. The van der Waals surface area contributed by atoms with E-state index in [1.54, 1.807) is 0 Å². The van der Waals surface area contributed by atoms with Crippen LogP contribution in [0, 0.1) is 10.1 Å². The Bertz CT molecular complexity index is 544. The molecule has 1 fully saturated rings. The molecule has 1 heterocycles. The Morgan fingerprint density at radius 2 is 2.20 bits per heavy atom. The molecule has 0 saturated carbocycles. The number of nitrogens with zero attached hydrogens (tertiary/aromatic N) is 2. The first-order valence-electron chi connectivity index (χ1n) is 6.82. The molecule has 1 aliphatic rings. The number of carbonyl (C=O) groups excluding carboxylic acids is 1. The fourth-order valence-corrected chi connectivity index (χ4v) is 2.82. The smallest absolute Gasteiger partial charge is 0.270 e. The minimum atomic E-state index is -0.513. The van der Waals surface area contributed by atoms with Crippen LogP contribution in [0.1, 0.15) is 43.5 Å². The van der Waals surface area contributed by atoms with Crippen LogP contribution >= 0.6 is 0 Å². The van der Waals surface area contributed by atoms with Gasteiger partial charge in [0.05, 0.1) is 10.5 Å². The predicted octanol–water partition coefficient (Wildman–Crippen LogP) is 2.58. The number of likely N-dealkylation sites (tertiary alicyclic amines) is 1. The number of nitro benzene ring substituents is 1. The predicted molar refractivity (Wildman–Crippen MR) is 76.5 cm³/mol. The number of nitrogens with two attached hydrogens (primary N) is 1. The quantitative estimate of drug-likeness (QED) is 0.522. The van der Waals surface area contributed by atoms with Crippen molar-refractivity contribution >= 4 is 17.3 Å². The third-order valence-corrected chi connectivity index (χ3v) is 3.97. The number of non-ortho nitro benzene ring substituents is 1. The first kappa shape index (κ1) is 14.3. The number of rotatable bonds is 3. The summed E-state index contributed by atoms with van der Waals surface area (Å²) in [6.07, 6.45) is 2.81. The van der Waals surface area contributed by atoms with Crippen LogP contribution in [-0.4, -0.2) is 27.8 Å². The third kappa shape index (κ3) is 2.45. The summed E-state index contributed by atoms with van der Waals surface area (Å²) in [4.78, 5) is 24.8. The molecule has 0 bridgehead atoms. The minimum absolute atomic E-state index is 0.109. The van der Waals surface area contributed by atoms with Crippen molar-refractivity contribution in [3.05, 3.63) is 33.9 Å². The van der Waals surface area contributed by atoms with Crippen LogP contribution in [0.2, 0.25) is 0 Å². The lowest BCUT2D eigenvalue weighted by Gasteiger charge is -2.28. The van der Waals surface area contributed by atoms with Crippen LogP contribution < -0.4 is 5.73 Å². The molecule has 6 heteroatoms. The second kappa shape index (κ2) is 5.48. The van der Waals surface area contributed by atoms with Crippen LogP contribution in [0.4, 0.5) is 11.4 Å². The maximum atomic E-state index is 12.6. The van der Waals surface area contributed by atoms with E-state index in [0.29, 0.717) is 0 Å². The third-order valence-electron chi connectivity index (χ3n) is 3.97. The molecule has 20 heavy (non-hydrogen) atoms. The summed E-state index contributed by atoms with van der Waals surface area (Å²) >= 11 is 0. The molecule has 6 nitrogen and oxygen atoms in total. The van der Waals surface area contributed by atoms with E-state index in [0.717, 1.165) is 19.3 Å². The summed E-state index contributed by atoms with van der Waals surface area (Å²) in [5, 5.41) is 10.8. The maximum Gasteiger partial charge on any atom is 0.270 e. The zero-order chi connectivity index (χ0) is 14.9. The molecular formula is C14H19N3O3. The van der Waals surface area contributed by atoms with Gasteiger partial charge in [-0.25, -0.2) is 0 Å². The van der Waals surface area contributed by atoms with Gasteiger partial charge < -0.3 is 10.6 Å². The van der Waals surface area contributed by atoms with E-state index in [9.17, 15) is 14.9 Å². The lowest BCUT2D eigenvalue weighted by Crippen LogP contribution is -2.40. The zero-order valence-corrected chi connectivity index (χ0v) is 11.7. The second-order valence-corrected chi connectivity index (χ2v) is 5.23. The number of anilines is 1. The van der Waals surface area contributed by atoms with Crippen LogP contribution in [0.15, 0.2) is 18.2 Å². The van der Waals surface area contributed by atoms with Gasteiger partial charge in [0.25, 0.3) is 11.6 Å². The van der Waals surface area contributed by atoms with E-state index in [2.05, 4.69) is 0 Å². The largest absolute Gasteiger partial charge is 0.398 e. The molecule has 1 aromatic rings. The second-order valence-electron chi connectivity index (χ2n) is 5.23.